The van der Waals surface area contributed by atoms with Gasteiger partial charge in [0.05, 0.1) is 30.0 Å². The molecule has 1 aromatic carbocycles. The van der Waals surface area contributed by atoms with Gasteiger partial charge in [-0.2, -0.15) is 23.0 Å². The highest BCUT2D eigenvalue weighted by Crippen LogP contribution is 2.36. The lowest BCUT2D eigenvalue weighted by molar-refractivity contribution is -0.138. The number of hydrogen-bond acceptors (Lipinski definition) is 6. The molecule has 1 fully saturated rings. The van der Waals surface area contributed by atoms with Gasteiger partial charge in [0.25, 0.3) is 11.5 Å². The van der Waals surface area contributed by atoms with Gasteiger partial charge in [-0.3, -0.25) is 9.59 Å². The summed E-state index contributed by atoms with van der Waals surface area (Å²) in [6.45, 7) is 0.954. The van der Waals surface area contributed by atoms with E-state index < -0.39 is 41.3 Å². The van der Waals surface area contributed by atoms with Crippen molar-refractivity contribution in [3.05, 3.63) is 79.5 Å². The highest BCUT2D eigenvalue weighted by Gasteiger charge is 2.37. The molecule has 4 heterocycles. The van der Waals surface area contributed by atoms with Crippen molar-refractivity contribution in [2.45, 2.75) is 50.7 Å². The van der Waals surface area contributed by atoms with Crippen LogP contribution in [-0.4, -0.2) is 45.4 Å². The van der Waals surface area contributed by atoms with Crippen LogP contribution in [0.5, 0.6) is 0 Å². The zero-order valence-corrected chi connectivity index (χ0v) is 21.6. The Morgan fingerprint density at radius 2 is 2.10 bits per heavy atom. The minimum Gasteiger partial charge on any atom is -0.356 e. The summed E-state index contributed by atoms with van der Waals surface area (Å²) in [5.41, 5.74) is -1.53. The van der Waals surface area contributed by atoms with Gasteiger partial charge in [0.1, 0.15) is 22.4 Å². The average Bonchev–Trinajstić information content (AvgIpc) is 3.29. The average molecular weight is 569 g/mol. The Labute approximate surface area is 225 Å². The molecular formula is C25H25ClF4N6O3. The Morgan fingerprint density at radius 1 is 1.31 bits per heavy atom. The predicted octanol–water partition coefficient (Wildman–Crippen LogP) is 3.59. The fourth-order valence-corrected chi connectivity index (χ4v) is 5.36. The standard InChI is InChI=1S/C25H25ClF4N6O3/c1-31-23(37)22-17(8-13-5-6-14(27)9-16(13)25(28,29)30)35-18(11-32-12-19(35)34-22)15-10-33-36(24(38)21(15)26)20-4-2-3-7-39-20/h5-6,9-10,18,20,32H,2-4,7-8,11-12H2,1H3,(H,31,37). The number of halogens is 5. The highest BCUT2D eigenvalue weighted by molar-refractivity contribution is 6.31. The van der Waals surface area contributed by atoms with E-state index in [0.29, 0.717) is 30.5 Å². The maximum atomic E-state index is 13.8. The van der Waals surface area contributed by atoms with Gasteiger partial charge in [0.2, 0.25) is 0 Å². The molecular weight excluding hydrogens is 544 g/mol. The van der Waals surface area contributed by atoms with Crippen molar-refractivity contribution < 1.29 is 27.1 Å². The number of carbonyl (C=O) groups is 1. The number of imidazole rings is 1. The van der Waals surface area contributed by atoms with Crippen LogP contribution < -0.4 is 16.2 Å². The van der Waals surface area contributed by atoms with E-state index in [2.05, 4.69) is 20.7 Å². The van der Waals surface area contributed by atoms with E-state index in [-0.39, 0.29) is 41.5 Å². The summed E-state index contributed by atoms with van der Waals surface area (Å²) in [5, 5.41) is 9.81. The minimum absolute atomic E-state index is 0.0771. The largest absolute Gasteiger partial charge is 0.416 e. The van der Waals surface area contributed by atoms with E-state index in [9.17, 15) is 27.2 Å². The van der Waals surface area contributed by atoms with Crippen LogP contribution in [0.15, 0.2) is 29.2 Å². The fourth-order valence-electron chi connectivity index (χ4n) is 5.10. The Bertz CT molecular complexity index is 1470. The van der Waals surface area contributed by atoms with E-state index in [0.717, 1.165) is 25.0 Å². The van der Waals surface area contributed by atoms with Crippen LogP contribution in [0.1, 0.15) is 70.2 Å². The predicted molar refractivity (Wildman–Crippen MR) is 132 cm³/mol. The van der Waals surface area contributed by atoms with Crippen LogP contribution in [0.4, 0.5) is 17.6 Å². The third-order valence-electron chi connectivity index (χ3n) is 6.95. The van der Waals surface area contributed by atoms with Gasteiger partial charge in [-0.15, -0.1) is 0 Å². The SMILES string of the molecule is CNC(=O)c1nc2n(c1Cc1ccc(F)cc1C(F)(F)F)C(c1cnn(C3CCCCO3)c(=O)c1Cl)CNC2. The molecule has 2 unspecified atom stereocenters. The summed E-state index contributed by atoms with van der Waals surface area (Å²) in [6.07, 6.45) is -1.94. The molecule has 1 amide bonds. The molecule has 39 heavy (non-hydrogen) atoms. The van der Waals surface area contributed by atoms with Gasteiger partial charge in [-0.1, -0.05) is 17.7 Å². The molecule has 0 saturated carbocycles. The summed E-state index contributed by atoms with van der Waals surface area (Å²) < 4.78 is 63.7. The molecule has 2 atom stereocenters. The van der Waals surface area contributed by atoms with E-state index >= 15 is 0 Å². The maximum Gasteiger partial charge on any atom is 0.416 e. The van der Waals surface area contributed by atoms with Gasteiger partial charge in [-0.25, -0.2) is 9.37 Å². The number of alkyl halides is 3. The van der Waals surface area contributed by atoms with Gasteiger partial charge < -0.3 is 19.9 Å². The lowest BCUT2D eigenvalue weighted by atomic mass is 9.99. The van der Waals surface area contributed by atoms with Gasteiger partial charge in [0.15, 0.2) is 6.23 Å². The molecule has 208 valence electrons. The van der Waals surface area contributed by atoms with Crippen molar-refractivity contribution in [3.63, 3.8) is 0 Å². The summed E-state index contributed by atoms with van der Waals surface area (Å²) in [4.78, 5) is 30.4. The third kappa shape index (κ3) is 5.18. The summed E-state index contributed by atoms with van der Waals surface area (Å²) in [5.74, 6) is -1.27. The number of aromatic nitrogens is 4. The topological polar surface area (TPSA) is 103 Å². The number of hydrogen-bond donors (Lipinski definition) is 2. The second kappa shape index (κ2) is 10.7. The molecule has 1 saturated heterocycles. The number of benzene rings is 1. The number of ether oxygens (including phenoxy) is 1. The van der Waals surface area contributed by atoms with Gasteiger partial charge in [-0.05, 0) is 37.0 Å². The second-order valence-electron chi connectivity index (χ2n) is 9.38. The first-order valence-electron chi connectivity index (χ1n) is 12.4. The quantitative estimate of drug-likeness (QED) is 0.456. The number of carbonyl (C=O) groups excluding carboxylic acids is 1. The molecule has 0 bridgehead atoms. The molecule has 2 N–H and O–H groups in total. The summed E-state index contributed by atoms with van der Waals surface area (Å²) in [7, 11) is 1.38. The molecule has 0 radical (unpaired) electrons. The number of fused-ring (bicyclic) bond motifs is 1. The maximum absolute atomic E-state index is 13.8. The van der Waals surface area contributed by atoms with Crippen LogP contribution in [0.25, 0.3) is 0 Å². The molecule has 2 aliphatic rings. The lowest BCUT2D eigenvalue weighted by Gasteiger charge is -2.30. The van der Waals surface area contributed by atoms with E-state index in [1.165, 1.54) is 17.9 Å². The molecule has 0 aliphatic carbocycles. The molecule has 14 heteroatoms. The molecule has 0 spiro atoms. The third-order valence-corrected chi connectivity index (χ3v) is 7.33. The van der Waals surface area contributed by atoms with Crippen molar-refractivity contribution in [2.75, 3.05) is 20.2 Å². The van der Waals surface area contributed by atoms with Crippen molar-refractivity contribution in [2.24, 2.45) is 0 Å². The van der Waals surface area contributed by atoms with Crippen molar-refractivity contribution >= 4 is 17.5 Å². The Morgan fingerprint density at radius 3 is 2.79 bits per heavy atom. The summed E-state index contributed by atoms with van der Waals surface area (Å²) >= 11 is 6.57. The zero-order chi connectivity index (χ0) is 27.9. The monoisotopic (exact) mass is 568 g/mol. The minimum atomic E-state index is -4.82. The van der Waals surface area contributed by atoms with Crippen LogP contribution in [0.2, 0.25) is 5.02 Å². The fraction of sp³-hybridized carbons (Fsp3) is 0.440. The molecule has 9 nitrogen and oxygen atoms in total. The smallest absolute Gasteiger partial charge is 0.356 e. The highest BCUT2D eigenvalue weighted by atomic mass is 35.5. The first-order chi connectivity index (χ1) is 18.6. The van der Waals surface area contributed by atoms with Crippen LogP contribution in [0, 0.1) is 5.82 Å². The van der Waals surface area contributed by atoms with Gasteiger partial charge >= 0.3 is 6.18 Å². The molecule has 5 rings (SSSR count). The lowest BCUT2D eigenvalue weighted by Crippen LogP contribution is -2.37. The van der Waals surface area contributed by atoms with Crippen LogP contribution in [0.3, 0.4) is 0 Å². The number of rotatable bonds is 5. The van der Waals surface area contributed by atoms with Crippen molar-refractivity contribution in [1.29, 1.82) is 0 Å². The zero-order valence-electron chi connectivity index (χ0n) is 20.8. The van der Waals surface area contributed by atoms with Crippen LogP contribution >= 0.6 is 11.6 Å². The Hall–Kier alpha value is -3.29. The number of nitrogens with zero attached hydrogens (tertiary/aromatic N) is 4. The van der Waals surface area contributed by atoms with Crippen LogP contribution in [-0.2, 0) is 23.9 Å². The van der Waals surface area contributed by atoms with E-state index in [1.54, 1.807) is 4.57 Å². The van der Waals surface area contributed by atoms with E-state index in [1.807, 2.05) is 0 Å². The summed E-state index contributed by atoms with van der Waals surface area (Å²) in [6, 6.07) is 1.69. The molecule has 2 aromatic heterocycles. The molecule has 3 aromatic rings. The van der Waals surface area contributed by atoms with Crippen molar-refractivity contribution in [3.8, 4) is 0 Å². The van der Waals surface area contributed by atoms with E-state index in [4.69, 9.17) is 16.3 Å². The first kappa shape index (κ1) is 27.3. The number of amides is 1. The number of nitrogens with one attached hydrogen (secondary N) is 2. The van der Waals surface area contributed by atoms with Crippen molar-refractivity contribution in [1.82, 2.24) is 30.0 Å². The molecule has 2 aliphatic heterocycles. The normalized spacial score (nSPS) is 19.5. The Balaban J connectivity index is 1.63. The first-order valence-corrected chi connectivity index (χ1v) is 12.7. The second-order valence-corrected chi connectivity index (χ2v) is 9.76. The Kier molecular flexibility index (Phi) is 7.49. The van der Waals surface area contributed by atoms with Gasteiger partial charge in [0, 0.05) is 32.2 Å².